The van der Waals surface area contributed by atoms with E-state index in [0.29, 0.717) is 18.8 Å². The predicted molar refractivity (Wildman–Crippen MR) is 92.2 cm³/mol. The van der Waals surface area contributed by atoms with E-state index in [1.807, 2.05) is 6.92 Å². The third-order valence-electron chi connectivity index (χ3n) is 4.29. The van der Waals surface area contributed by atoms with Crippen LogP contribution >= 0.6 is 0 Å². The molecule has 0 unspecified atom stereocenters. The van der Waals surface area contributed by atoms with Crippen LogP contribution in [0.25, 0.3) is 0 Å². The second-order valence-corrected chi connectivity index (χ2v) is 6.08. The van der Waals surface area contributed by atoms with Gasteiger partial charge < -0.3 is 15.1 Å². The Morgan fingerprint density at radius 3 is 2.67 bits per heavy atom. The fraction of sp³-hybridized carbons (Fsp3) is 0.556. The molecule has 0 spiro atoms. The van der Waals surface area contributed by atoms with Crippen molar-refractivity contribution in [2.24, 2.45) is 0 Å². The van der Waals surface area contributed by atoms with Crippen molar-refractivity contribution in [3.63, 3.8) is 0 Å². The number of hydrogen-bond acceptors (Lipinski definition) is 3. The van der Waals surface area contributed by atoms with Crippen molar-refractivity contribution in [1.29, 1.82) is 0 Å². The highest BCUT2D eigenvalue weighted by molar-refractivity contribution is 5.93. The number of likely N-dealkylation sites (N-methyl/N-ethyl adjacent to an activating group) is 1. The third-order valence-corrected chi connectivity index (χ3v) is 4.29. The minimum atomic E-state index is -0.400. The quantitative estimate of drug-likeness (QED) is 0.794. The summed E-state index contributed by atoms with van der Waals surface area (Å²) in [6.07, 6.45) is 2.76. The van der Waals surface area contributed by atoms with Crippen LogP contribution in [0.4, 0.5) is 10.1 Å². The Balaban J connectivity index is 1.72. The molecule has 1 aliphatic heterocycles. The van der Waals surface area contributed by atoms with E-state index >= 15 is 0 Å². The van der Waals surface area contributed by atoms with Gasteiger partial charge in [0.25, 0.3) is 0 Å². The topological polar surface area (TPSA) is 52.7 Å². The summed E-state index contributed by atoms with van der Waals surface area (Å²) in [7, 11) is 0. The van der Waals surface area contributed by atoms with Gasteiger partial charge in [0.15, 0.2) is 0 Å². The molecule has 132 valence electrons. The van der Waals surface area contributed by atoms with Crippen molar-refractivity contribution < 1.29 is 14.0 Å². The van der Waals surface area contributed by atoms with Crippen molar-refractivity contribution in [2.75, 3.05) is 38.0 Å². The molecule has 6 heteroatoms. The van der Waals surface area contributed by atoms with Crippen LogP contribution in [0.5, 0.6) is 0 Å². The van der Waals surface area contributed by atoms with E-state index in [2.05, 4.69) is 10.2 Å². The van der Waals surface area contributed by atoms with Gasteiger partial charge in [0.2, 0.25) is 11.8 Å². The van der Waals surface area contributed by atoms with Gasteiger partial charge in [-0.25, -0.2) is 4.39 Å². The smallest absolute Gasteiger partial charge is 0.224 e. The number of rotatable bonds is 8. The van der Waals surface area contributed by atoms with E-state index in [9.17, 15) is 14.0 Å². The van der Waals surface area contributed by atoms with Crippen molar-refractivity contribution in [3.8, 4) is 0 Å². The second-order valence-electron chi connectivity index (χ2n) is 6.08. The first-order valence-corrected chi connectivity index (χ1v) is 8.64. The minimum Gasteiger partial charge on any atom is -0.342 e. The summed E-state index contributed by atoms with van der Waals surface area (Å²) in [5, 5.41) is 2.61. The highest BCUT2D eigenvalue weighted by atomic mass is 19.1. The lowest BCUT2D eigenvalue weighted by molar-refractivity contribution is -0.132. The number of nitrogens with zero attached hydrogens (tertiary/aromatic N) is 2. The SMILES string of the molecule is CCN(CCN1CCCC1)C(=O)CCC(=O)Nc1cccc(F)c1. The van der Waals surface area contributed by atoms with Crippen molar-refractivity contribution in [1.82, 2.24) is 9.80 Å². The van der Waals surface area contributed by atoms with Crippen LogP contribution < -0.4 is 5.32 Å². The molecule has 2 rings (SSSR count). The molecule has 5 nitrogen and oxygen atoms in total. The van der Waals surface area contributed by atoms with Crippen LogP contribution in [0, 0.1) is 5.82 Å². The molecule has 1 fully saturated rings. The number of carbonyl (C=O) groups excluding carboxylic acids is 2. The van der Waals surface area contributed by atoms with E-state index < -0.39 is 5.82 Å². The zero-order chi connectivity index (χ0) is 17.4. The molecule has 1 aromatic carbocycles. The molecular formula is C18H26FN3O2. The molecule has 24 heavy (non-hydrogen) atoms. The lowest BCUT2D eigenvalue weighted by atomic mass is 10.2. The number of nitrogens with one attached hydrogen (secondary N) is 1. The van der Waals surface area contributed by atoms with Gasteiger partial charge in [-0.05, 0) is 51.1 Å². The maximum Gasteiger partial charge on any atom is 0.224 e. The second kappa shape index (κ2) is 9.37. The summed E-state index contributed by atoms with van der Waals surface area (Å²) in [6, 6.07) is 5.73. The van der Waals surface area contributed by atoms with Crippen LogP contribution in [0.1, 0.15) is 32.6 Å². The van der Waals surface area contributed by atoms with E-state index in [4.69, 9.17) is 0 Å². The van der Waals surface area contributed by atoms with E-state index in [-0.39, 0.29) is 24.7 Å². The average Bonchev–Trinajstić information content (AvgIpc) is 3.07. The van der Waals surface area contributed by atoms with Crippen molar-refractivity contribution in [2.45, 2.75) is 32.6 Å². The number of hydrogen-bond donors (Lipinski definition) is 1. The normalized spacial score (nSPS) is 14.6. The molecule has 0 aromatic heterocycles. The monoisotopic (exact) mass is 335 g/mol. The molecule has 0 bridgehead atoms. The molecule has 0 atom stereocenters. The maximum absolute atomic E-state index is 13.1. The van der Waals surface area contributed by atoms with Crippen LogP contribution in [0.15, 0.2) is 24.3 Å². The van der Waals surface area contributed by atoms with E-state index in [0.717, 1.165) is 19.6 Å². The zero-order valence-electron chi connectivity index (χ0n) is 14.3. The third kappa shape index (κ3) is 5.92. The van der Waals surface area contributed by atoms with Crippen LogP contribution in [-0.4, -0.2) is 54.3 Å². The molecule has 1 heterocycles. The molecule has 1 saturated heterocycles. The Hall–Kier alpha value is -1.95. The van der Waals surface area contributed by atoms with Crippen molar-refractivity contribution >= 4 is 17.5 Å². The summed E-state index contributed by atoms with van der Waals surface area (Å²) < 4.78 is 13.1. The van der Waals surface area contributed by atoms with Crippen LogP contribution in [0.2, 0.25) is 0 Å². The summed E-state index contributed by atoms with van der Waals surface area (Å²) in [5.74, 6) is -0.682. The number of amides is 2. The first kappa shape index (κ1) is 18.4. The molecule has 1 N–H and O–H groups in total. The summed E-state index contributed by atoms with van der Waals surface area (Å²) in [4.78, 5) is 28.3. The van der Waals surface area contributed by atoms with Gasteiger partial charge in [-0.15, -0.1) is 0 Å². The Morgan fingerprint density at radius 2 is 2.00 bits per heavy atom. The van der Waals surface area contributed by atoms with Gasteiger partial charge in [0, 0.05) is 38.2 Å². The average molecular weight is 335 g/mol. The Morgan fingerprint density at radius 1 is 1.25 bits per heavy atom. The minimum absolute atomic E-state index is 0.00825. The summed E-state index contributed by atoms with van der Waals surface area (Å²) in [5.41, 5.74) is 0.411. The fourth-order valence-corrected chi connectivity index (χ4v) is 2.90. The lowest BCUT2D eigenvalue weighted by Gasteiger charge is -2.24. The molecule has 2 amide bonds. The highest BCUT2D eigenvalue weighted by Crippen LogP contribution is 2.11. The van der Waals surface area contributed by atoms with Gasteiger partial charge >= 0.3 is 0 Å². The molecule has 0 saturated carbocycles. The molecular weight excluding hydrogens is 309 g/mol. The maximum atomic E-state index is 13.1. The van der Waals surface area contributed by atoms with Gasteiger partial charge in [-0.1, -0.05) is 6.07 Å². The number of halogens is 1. The highest BCUT2D eigenvalue weighted by Gasteiger charge is 2.17. The number of carbonyl (C=O) groups is 2. The van der Waals surface area contributed by atoms with Gasteiger partial charge in [-0.3, -0.25) is 9.59 Å². The van der Waals surface area contributed by atoms with Gasteiger partial charge in [0.1, 0.15) is 5.82 Å². The lowest BCUT2D eigenvalue weighted by Crippen LogP contribution is -2.38. The standard InChI is InChI=1S/C18H26FN3O2/c1-2-22(13-12-21-10-3-4-11-21)18(24)9-8-17(23)20-16-7-5-6-15(19)14-16/h5-7,14H,2-4,8-13H2,1H3,(H,20,23). The number of anilines is 1. The molecule has 1 aliphatic rings. The van der Waals surface area contributed by atoms with Gasteiger partial charge in [-0.2, -0.15) is 0 Å². The van der Waals surface area contributed by atoms with E-state index in [1.54, 1.807) is 11.0 Å². The fourth-order valence-electron chi connectivity index (χ4n) is 2.90. The number of likely N-dealkylation sites (tertiary alicyclic amines) is 1. The Kier molecular flexibility index (Phi) is 7.18. The van der Waals surface area contributed by atoms with E-state index in [1.165, 1.54) is 31.0 Å². The summed E-state index contributed by atoms with van der Waals surface area (Å²) in [6.45, 7) is 6.44. The Labute approximate surface area is 142 Å². The molecule has 1 aromatic rings. The van der Waals surface area contributed by atoms with Gasteiger partial charge in [0.05, 0.1) is 0 Å². The van der Waals surface area contributed by atoms with Crippen LogP contribution in [-0.2, 0) is 9.59 Å². The molecule has 0 aliphatic carbocycles. The summed E-state index contributed by atoms with van der Waals surface area (Å²) >= 11 is 0. The molecule has 0 radical (unpaired) electrons. The first-order valence-electron chi connectivity index (χ1n) is 8.64. The van der Waals surface area contributed by atoms with Crippen molar-refractivity contribution in [3.05, 3.63) is 30.1 Å². The van der Waals surface area contributed by atoms with Crippen LogP contribution in [0.3, 0.4) is 0 Å². The predicted octanol–water partition coefficient (Wildman–Crippen LogP) is 2.49. The Bertz CT molecular complexity index is 559. The first-order chi connectivity index (χ1) is 11.6. The zero-order valence-corrected chi connectivity index (χ0v) is 14.3. The largest absolute Gasteiger partial charge is 0.342 e. The number of benzene rings is 1.